The van der Waals surface area contributed by atoms with Crippen LogP contribution in [0, 0.1) is 0 Å². The first kappa shape index (κ1) is 15.6. The maximum atomic E-state index is 11.6. The second kappa shape index (κ2) is 7.19. The number of carboxylic acids is 1. The van der Waals surface area contributed by atoms with E-state index in [0.29, 0.717) is 17.2 Å². The van der Waals surface area contributed by atoms with Gasteiger partial charge in [-0.2, -0.15) is 0 Å². The van der Waals surface area contributed by atoms with Gasteiger partial charge in [0.2, 0.25) is 0 Å². The second-order valence-electron chi connectivity index (χ2n) is 3.76. The maximum Gasteiger partial charge on any atom is 0.334 e. The highest BCUT2D eigenvalue weighted by Gasteiger charge is 2.15. The number of ether oxygens (including phenoxy) is 2. The Bertz CT molecular complexity index is 491. The Kier molecular flexibility index (Phi) is 5.60. The van der Waals surface area contributed by atoms with E-state index in [9.17, 15) is 9.59 Å². The summed E-state index contributed by atoms with van der Waals surface area (Å²) in [6.07, 6.45) is -1.66. The third-order valence-electron chi connectivity index (χ3n) is 2.40. The lowest BCUT2D eigenvalue weighted by molar-refractivity contribution is -0.146. The molecule has 20 heavy (non-hydrogen) atoms. The molecule has 0 aliphatic carbocycles. The number of nitrogens with one attached hydrogen (secondary N) is 2. The number of methoxy groups -OCH3 is 2. The van der Waals surface area contributed by atoms with Crippen molar-refractivity contribution in [3.8, 4) is 11.5 Å². The highest BCUT2D eigenvalue weighted by atomic mass is 16.5. The summed E-state index contributed by atoms with van der Waals surface area (Å²) in [5.74, 6) is -0.476. The number of rotatable bonds is 6. The van der Waals surface area contributed by atoms with Crippen molar-refractivity contribution in [1.82, 2.24) is 5.32 Å². The summed E-state index contributed by atoms with van der Waals surface area (Å²) in [6.45, 7) is -0.409. The summed E-state index contributed by atoms with van der Waals surface area (Å²) in [5, 5.41) is 22.2. The number of aliphatic carboxylic acids is 1. The molecule has 0 aromatic heterocycles. The molecule has 1 rings (SSSR count). The summed E-state index contributed by atoms with van der Waals surface area (Å²) in [7, 11) is 2.92. The highest BCUT2D eigenvalue weighted by molar-refractivity contribution is 5.91. The maximum absolute atomic E-state index is 11.6. The van der Waals surface area contributed by atoms with Crippen molar-refractivity contribution in [3.05, 3.63) is 18.2 Å². The largest absolute Gasteiger partial charge is 0.497 e. The molecule has 8 nitrogen and oxygen atoms in total. The van der Waals surface area contributed by atoms with Crippen LogP contribution in [0.25, 0.3) is 0 Å². The molecule has 0 bridgehead atoms. The molecule has 110 valence electrons. The second-order valence-corrected chi connectivity index (χ2v) is 3.76. The van der Waals surface area contributed by atoms with E-state index in [0.717, 1.165) is 0 Å². The fourth-order valence-electron chi connectivity index (χ4n) is 1.35. The summed E-state index contributed by atoms with van der Waals surface area (Å²) < 4.78 is 10.1. The van der Waals surface area contributed by atoms with Gasteiger partial charge >= 0.3 is 12.0 Å². The van der Waals surface area contributed by atoms with Crippen LogP contribution in [0.3, 0.4) is 0 Å². The molecule has 4 N–H and O–H groups in total. The zero-order valence-corrected chi connectivity index (χ0v) is 11.0. The minimum Gasteiger partial charge on any atom is -0.497 e. The zero-order chi connectivity index (χ0) is 15.1. The molecule has 0 radical (unpaired) electrons. The molecule has 0 fully saturated rings. The smallest absolute Gasteiger partial charge is 0.334 e. The van der Waals surface area contributed by atoms with Crippen LogP contribution in [0.4, 0.5) is 10.5 Å². The minimum absolute atomic E-state index is 0.356. The van der Waals surface area contributed by atoms with Gasteiger partial charge in [-0.05, 0) is 12.1 Å². The quantitative estimate of drug-likeness (QED) is 0.595. The molecule has 0 aliphatic heterocycles. The number of carboxylic acid groups (broad SMARTS) is 1. The molecule has 0 heterocycles. The van der Waals surface area contributed by atoms with Gasteiger partial charge in [-0.1, -0.05) is 0 Å². The Morgan fingerprint density at radius 2 is 2.00 bits per heavy atom. The summed E-state index contributed by atoms with van der Waals surface area (Å²) in [4.78, 5) is 22.0. The predicted molar refractivity (Wildman–Crippen MR) is 70.2 cm³/mol. The number of aliphatic hydroxyl groups excluding tert-OH is 1. The van der Waals surface area contributed by atoms with E-state index in [1.54, 1.807) is 18.2 Å². The van der Waals surface area contributed by atoms with E-state index in [1.165, 1.54) is 14.2 Å². The van der Waals surface area contributed by atoms with E-state index in [1.807, 2.05) is 0 Å². The van der Waals surface area contributed by atoms with Crippen LogP contribution in [-0.2, 0) is 4.79 Å². The summed E-state index contributed by atoms with van der Waals surface area (Å²) in [5.41, 5.74) is 0.356. The Morgan fingerprint density at radius 3 is 2.55 bits per heavy atom. The fourth-order valence-corrected chi connectivity index (χ4v) is 1.35. The van der Waals surface area contributed by atoms with Crippen LogP contribution in [-0.4, -0.2) is 49.1 Å². The number of anilines is 1. The number of carbonyl (C=O) groups is 2. The molecule has 0 spiro atoms. The van der Waals surface area contributed by atoms with Crippen LogP contribution in [0.2, 0.25) is 0 Å². The van der Waals surface area contributed by atoms with Crippen molar-refractivity contribution in [2.24, 2.45) is 0 Å². The van der Waals surface area contributed by atoms with Crippen LogP contribution in [0.1, 0.15) is 0 Å². The van der Waals surface area contributed by atoms with Crippen molar-refractivity contribution >= 4 is 17.7 Å². The van der Waals surface area contributed by atoms with Crippen molar-refractivity contribution in [2.45, 2.75) is 6.10 Å². The molecule has 1 atom stereocenters. The van der Waals surface area contributed by atoms with Crippen LogP contribution >= 0.6 is 0 Å². The van der Waals surface area contributed by atoms with Gasteiger partial charge in [-0.25, -0.2) is 9.59 Å². The van der Waals surface area contributed by atoms with Crippen molar-refractivity contribution < 1.29 is 29.3 Å². The Hall–Kier alpha value is -2.48. The first-order chi connectivity index (χ1) is 9.47. The molecule has 0 saturated heterocycles. The third kappa shape index (κ3) is 4.32. The van der Waals surface area contributed by atoms with E-state index < -0.39 is 24.6 Å². The molecule has 2 amide bonds. The molecular weight excluding hydrogens is 268 g/mol. The van der Waals surface area contributed by atoms with Gasteiger partial charge < -0.3 is 30.3 Å². The normalized spacial score (nSPS) is 11.3. The highest BCUT2D eigenvalue weighted by Crippen LogP contribution is 2.28. The third-order valence-corrected chi connectivity index (χ3v) is 2.40. The van der Waals surface area contributed by atoms with Gasteiger partial charge in [0, 0.05) is 6.07 Å². The number of carbonyl (C=O) groups excluding carboxylic acids is 1. The van der Waals surface area contributed by atoms with Gasteiger partial charge in [0.25, 0.3) is 0 Å². The number of aliphatic hydroxyl groups is 1. The number of hydrogen-bond donors (Lipinski definition) is 4. The van der Waals surface area contributed by atoms with Gasteiger partial charge in [0.1, 0.15) is 11.5 Å². The number of benzene rings is 1. The SMILES string of the molecule is COc1ccc(OC)c(NC(=O)NCC(O)C(=O)O)c1. The fraction of sp³-hybridized carbons (Fsp3) is 0.333. The zero-order valence-electron chi connectivity index (χ0n) is 11.0. The summed E-state index contributed by atoms with van der Waals surface area (Å²) >= 11 is 0. The minimum atomic E-state index is -1.66. The molecule has 1 unspecified atom stereocenters. The first-order valence-corrected chi connectivity index (χ1v) is 5.65. The van der Waals surface area contributed by atoms with E-state index in [-0.39, 0.29) is 0 Å². The number of amides is 2. The lowest BCUT2D eigenvalue weighted by Gasteiger charge is -2.13. The Balaban J connectivity index is 2.67. The lowest BCUT2D eigenvalue weighted by atomic mass is 10.2. The number of hydrogen-bond acceptors (Lipinski definition) is 5. The Morgan fingerprint density at radius 1 is 1.30 bits per heavy atom. The summed E-state index contributed by atoms with van der Waals surface area (Å²) in [6, 6.07) is 4.15. The predicted octanol–water partition coefficient (Wildman–Crippen LogP) is 0.271. The molecule has 0 aliphatic rings. The lowest BCUT2D eigenvalue weighted by Crippen LogP contribution is -2.38. The average molecular weight is 284 g/mol. The van der Waals surface area contributed by atoms with Crippen LogP contribution < -0.4 is 20.1 Å². The topological polar surface area (TPSA) is 117 Å². The first-order valence-electron chi connectivity index (χ1n) is 5.65. The average Bonchev–Trinajstić information content (AvgIpc) is 2.44. The van der Waals surface area contributed by atoms with Crippen molar-refractivity contribution in [3.63, 3.8) is 0 Å². The molecule has 1 aromatic rings. The van der Waals surface area contributed by atoms with E-state index >= 15 is 0 Å². The number of urea groups is 1. The van der Waals surface area contributed by atoms with Crippen LogP contribution in [0.5, 0.6) is 11.5 Å². The molecule has 8 heteroatoms. The van der Waals surface area contributed by atoms with Gasteiger partial charge in [-0.3, -0.25) is 0 Å². The molecular formula is C12H16N2O6. The van der Waals surface area contributed by atoms with Crippen LogP contribution in [0.15, 0.2) is 18.2 Å². The van der Waals surface area contributed by atoms with Gasteiger partial charge in [0.15, 0.2) is 6.10 Å². The molecule has 0 saturated carbocycles. The molecule has 1 aromatic carbocycles. The standard InChI is InChI=1S/C12H16N2O6/c1-19-7-3-4-10(20-2)8(5-7)14-12(18)13-6-9(15)11(16)17/h3-5,9,15H,6H2,1-2H3,(H,16,17)(H2,13,14,18). The van der Waals surface area contributed by atoms with Crippen molar-refractivity contribution in [1.29, 1.82) is 0 Å². The monoisotopic (exact) mass is 284 g/mol. The van der Waals surface area contributed by atoms with Gasteiger partial charge in [0.05, 0.1) is 26.5 Å². The van der Waals surface area contributed by atoms with Crippen molar-refractivity contribution in [2.75, 3.05) is 26.1 Å². The Labute approximate surface area is 115 Å². The van der Waals surface area contributed by atoms with Gasteiger partial charge in [-0.15, -0.1) is 0 Å². The van der Waals surface area contributed by atoms with E-state index in [4.69, 9.17) is 19.7 Å². The van der Waals surface area contributed by atoms with E-state index in [2.05, 4.69) is 10.6 Å².